The van der Waals surface area contributed by atoms with Crippen molar-refractivity contribution < 1.29 is 14.3 Å². The van der Waals surface area contributed by atoms with Crippen LogP contribution >= 0.6 is 23.4 Å². The maximum Gasteiger partial charge on any atom is 0.227 e. The summed E-state index contributed by atoms with van der Waals surface area (Å²) in [6.07, 6.45) is 3.02. The van der Waals surface area contributed by atoms with Crippen LogP contribution in [0.25, 0.3) is 11.0 Å². The Kier molecular flexibility index (Phi) is 8.11. The van der Waals surface area contributed by atoms with E-state index in [4.69, 9.17) is 26.3 Å². The Balaban J connectivity index is 1.25. The Labute approximate surface area is 224 Å². The van der Waals surface area contributed by atoms with Gasteiger partial charge in [0.25, 0.3) is 0 Å². The van der Waals surface area contributed by atoms with Crippen molar-refractivity contribution in [2.45, 2.75) is 31.5 Å². The van der Waals surface area contributed by atoms with Crippen molar-refractivity contribution in [3.8, 4) is 0 Å². The molecule has 1 unspecified atom stereocenters. The van der Waals surface area contributed by atoms with E-state index in [1.165, 1.54) is 0 Å². The molecule has 1 aromatic carbocycles. The number of amides is 2. The van der Waals surface area contributed by atoms with E-state index in [1.807, 2.05) is 4.68 Å². The lowest BCUT2D eigenvalue weighted by Crippen LogP contribution is -2.37. The van der Waals surface area contributed by atoms with Crippen LogP contribution in [0.4, 0.5) is 11.5 Å². The zero-order chi connectivity index (χ0) is 25.8. The topological polar surface area (TPSA) is 105 Å². The van der Waals surface area contributed by atoms with Gasteiger partial charge in [0.15, 0.2) is 10.8 Å². The third kappa shape index (κ3) is 5.83. The number of fused-ring (bicyclic) bond motifs is 1. The zero-order valence-corrected chi connectivity index (χ0v) is 22.3. The molecule has 0 aliphatic carbocycles. The van der Waals surface area contributed by atoms with Gasteiger partial charge < -0.3 is 19.9 Å². The van der Waals surface area contributed by atoms with Gasteiger partial charge in [-0.1, -0.05) is 30.3 Å². The van der Waals surface area contributed by atoms with Crippen molar-refractivity contribution in [3.63, 3.8) is 0 Å². The number of rotatable bonds is 9. The molecule has 0 saturated carbocycles. The minimum Gasteiger partial charge on any atom is -0.378 e. The standard InChI is InChI=1S/C25H30ClN7O3S/c1-2-13-37-25-29-22(31-9-11-36-12-10-31)20-15-28-33(23(20)30-25)8-7-27-24(35)17-14-21(34)32(16-17)19-5-3-18(26)4-6-19/h3-6,15,17H,2,7-14,16H2,1H3,(H,27,35). The Bertz CT molecular complexity index is 1260. The fraction of sp³-hybridized carbons (Fsp3) is 0.480. The van der Waals surface area contributed by atoms with E-state index in [1.54, 1.807) is 47.1 Å². The molecule has 2 aromatic heterocycles. The first kappa shape index (κ1) is 25.7. The lowest BCUT2D eigenvalue weighted by Gasteiger charge is -2.28. The van der Waals surface area contributed by atoms with Crippen LogP contribution in [0.15, 0.2) is 35.6 Å². The molecule has 2 amide bonds. The fourth-order valence-corrected chi connectivity index (χ4v) is 5.36. The van der Waals surface area contributed by atoms with Gasteiger partial charge in [-0.3, -0.25) is 9.59 Å². The second kappa shape index (κ2) is 11.7. The maximum absolute atomic E-state index is 12.9. The van der Waals surface area contributed by atoms with Crippen LogP contribution in [-0.2, 0) is 20.9 Å². The number of anilines is 2. The molecule has 1 N–H and O–H groups in total. The van der Waals surface area contributed by atoms with Crippen molar-refractivity contribution in [2.24, 2.45) is 5.92 Å². The molecule has 0 bridgehead atoms. The highest BCUT2D eigenvalue weighted by Crippen LogP contribution is 2.29. The predicted molar refractivity (Wildman–Crippen MR) is 144 cm³/mol. The van der Waals surface area contributed by atoms with Crippen LogP contribution < -0.4 is 15.1 Å². The zero-order valence-electron chi connectivity index (χ0n) is 20.7. The van der Waals surface area contributed by atoms with E-state index >= 15 is 0 Å². The highest BCUT2D eigenvalue weighted by atomic mass is 35.5. The summed E-state index contributed by atoms with van der Waals surface area (Å²) in [4.78, 5) is 38.9. The number of nitrogens with one attached hydrogen (secondary N) is 1. The molecule has 2 saturated heterocycles. The molecule has 12 heteroatoms. The molecular formula is C25H30ClN7O3S. The lowest BCUT2D eigenvalue weighted by molar-refractivity contribution is -0.126. The number of hydrogen-bond donors (Lipinski definition) is 1. The number of benzene rings is 1. The Hall–Kier alpha value is -2.89. The maximum atomic E-state index is 12.9. The van der Waals surface area contributed by atoms with Gasteiger partial charge in [0.05, 0.1) is 37.3 Å². The van der Waals surface area contributed by atoms with Crippen molar-refractivity contribution in [1.29, 1.82) is 0 Å². The van der Waals surface area contributed by atoms with E-state index in [-0.39, 0.29) is 18.2 Å². The summed E-state index contributed by atoms with van der Waals surface area (Å²) in [6, 6.07) is 7.07. The first-order valence-corrected chi connectivity index (χ1v) is 13.9. The van der Waals surface area contributed by atoms with Crippen molar-refractivity contribution in [1.82, 2.24) is 25.1 Å². The quantitative estimate of drug-likeness (QED) is 0.324. The molecule has 37 heavy (non-hydrogen) atoms. The number of carbonyl (C=O) groups is 2. The van der Waals surface area contributed by atoms with Gasteiger partial charge in [-0.2, -0.15) is 5.10 Å². The number of nitrogens with zero attached hydrogens (tertiary/aromatic N) is 6. The van der Waals surface area contributed by atoms with Crippen molar-refractivity contribution >= 4 is 57.7 Å². The van der Waals surface area contributed by atoms with Crippen LogP contribution in [0.5, 0.6) is 0 Å². The van der Waals surface area contributed by atoms with Gasteiger partial charge >= 0.3 is 0 Å². The van der Waals surface area contributed by atoms with Gasteiger partial charge in [-0.15, -0.1) is 0 Å². The number of hydrogen-bond acceptors (Lipinski definition) is 8. The van der Waals surface area contributed by atoms with Crippen LogP contribution in [0, 0.1) is 5.92 Å². The van der Waals surface area contributed by atoms with Gasteiger partial charge in [-0.05, 0) is 30.7 Å². The molecule has 2 aliphatic rings. The average Bonchev–Trinajstić information content (AvgIpc) is 3.51. The third-order valence-electron chi connectivity index (χ3n) is 6.46. The molecule has 1 atom stereocenters. The summed E-state index contributed by atoms with van der Waals surface area (Å²) in [5, 5.41) is 9.77. The van der Waals surface area contributed by atoms with Gasteiger partial charge in [0.2, 0.25) is 11.8 Å². The van der Waals surface area contributed by atoms with E-state index in [2.05, 4.69) is 22.2 Å². The van der Waals surface area contributed by atoms with Crippen molar-refractivity contribution in [2.75, 3.05) is 54.9 Å². The smallest absolute Gasteiger partial charge is 0.227 e. The van der Waals surface area contributed by atoms with E-state index in [9.17, 15) is 9.59 Å². The predicted octanol–water partition coefficient (Wildman–Crippen LogP) is 2.99. The molecule has 3 aromatic rings. The van der Waals surface area contributed by atoms with Gasteiger partial charge in [0, 0.05) is 49.1 Å². The van der Waals surface area contributed by atoms with Crippen LogP contribution in [0.3, 0.4) is 0 Å². The highest BCUT2D eigenvalue weighted by Gasteiger charge is 2.35. The Morgan fingerprint density at radius 1 is 1.22 bits per heavy atom. The molecule has 5 rings (SSSR count). The van der Waals surface area contributed by atoms with Gasteiger partial charge in [-0.25, -0.2) is 14.6 Å². The highest BCUT2D eigenvalue weighted by molar-refractivity contribution is 7.99. The summed E-state index contributed by atoms with van der Waals surface area (Å²) in [5.74, 6) is 1.22. The minimum atomic E-state index is -0.398. The summed E-state index contributed by atoms with van der Waals surface area (Å²) in [6.45, 7) is 6.23. The average molecular weight is 544 g/mol. The number of carbonyl (C=O) groups excluding carboxylic acids is 2. The first-order valence-electron chi connectivity index (χ1n) is 12.6. The van der Waals surface area contributed by atoms with Crippen molar-refractivity contribution in [3.05, 3.63) is 35.5 Å². The number of halogens is 1. The molecule has 0 spiro atoms. The summed E-state index contributed by atoms with van der Waals surface area (Å²) >= 11 is 7.59. The Morgan fingerprint density at radius 2 is 2.00 bits per heavy atom. The molecule has 2 fully saturated rings. The molecule has 10 nitrogen and oxygen atoms in total. The summed E-state index contributed by atoms with van der Waals surface area (Å²) in [7, 11) is 0. The van der Waals surface area contributed by atoms with Crippen LogP contribution in [-0.4, -0.2) is 76.7 Å². The first-order chi connectivity index (χ1) is 18.0. The second-order valence-electron chi connectivity index (χ2n) is 9.06. The third-order valence-corrected chi connectivity index (χ3v) is 7.76. The second-order valence-corrected chi connectivity index (χ2v) is 10.6. The number of ether oxygens (including phenoxy) is 1. The lowest BCUT2D eigenvalue weighted by atomic mass is 10.1. The largest absolute Gasteiger partial charge is 0.378 e. The number of thioether (sulfide) groups is 1. The molecular weight excluding hydrogens is 514 g/mol. The fourth-order valence-electron chi connectivity index (χ4n) is 4.54. The van der Waals surface area contributed by atoms with Crippen LogP contribution in [0.2, 0.25) is 5.02 Å². The van der Waals surface area contributed by atoms with E-state index < -0.39 is 5.92 Å². The minimum absolute atomic E-state index is 0.0648. The SMILES string of the molecule is CCCSc1nc(N2CCOCC2)c2cnn(CCNC(=O)C3CC(=O)N(c4ccc(Cl)cc4)C3)c2n1. The monoisotopic (exact) mass is 543 g/mol. The molecule has 4 heterocycles. The van der Waals surface area contributed by atoms with E-state index in [0.29, 0.717) is 37.9 Å². The molecule has 0 radical (unpaired) electrons. The van der Waals surface area contributed by atoms with Crippen LogP contribution in [0.1, 0.15) is 19.8 Å². The summed E-state index contributed by atoms with van der Waals surface area (Å²) in [5.41, 5.74) is 1.51. The number of aromatic nitrogens is 4. The Morgan fingerprint density at radius 3 is 2.76 bits per heavy atom. The molecule has 196 valence electrons. The van der Waals surface area contributed by atoms with Gasteiger partial charge in [0.1, 0.15) is 5.82 Å². The summed E-state index contributed by atoms with van der Waals surface area (Å²) < 4.78 is 7.33. The molecule has 2 aliphatic heterocycles. The number of morpholine rings is 1. The normalized spacial score (nSPS) is 18.1. The van der Waals surface area contributed by atoms with E-state index in [0.717, 1.165) is 53.0 Å².